The molecule has 2 aliphatic rings. The summed E-state index contributed by atoms with van der Waals surface area (Å²) in [5.74, 6) is 0.299. The minimum absolute atomic E-state index is 0.0147. The van der Waals surface area contributed by atoms with E-state index in [9.17, 15) is 13.2 Å². The third kappa shape index (κ3) is 4.64. The molecule has 0 aromatic carbocycles. The van der Waals surface area contributed by atoms with E-state index in [-0.39, 0.29) is 17.0 Å². The van der Waals surface area contributed by atoms with Crippen molar-refractivity contribution in [1.82, 2.24) is 29.1 Å². The Morgan fingerprint density at radius 2 is 1.84 bits per heavy atom. The molecule has 0 unspecified atom stereocenters. The highest BCUT2D eigenvalue weighted by atomic mass is 32.2. The van der Waals surface area contributed by atoms with Crippen LogP contribution in [-0.4, -0.2) is 50.7 Å². The number of carbonyl (C=O) groups excluding carboxylic acids is 1. The SMILES string of the molecule is Cc1ncc(C(=O)NC2CCCCC2)c([C@@H]2CCCCN2S(=O)(=O)c2cn(C)cn2)n1. The Kier molecular flexibility index (Phi) is 6.38. The molecule has 4 rings (SSSR count). The van der Waals surface area contributed by atoms with Gasteiger partial charge in [-0.3, -0.25) is 4.79 Å². The van der Waals surface area contributed by atoms with E-state index in [4.69, 9.17) is 0 Å². The average molecular weight is 447 g/mol. The molecule has 2 aromatic rings. The molecule has 9 nitrogen and oxygen atoms in total. The molecule has 2 fully saturated rings. The van der Waals surface area contributed by atoms with Crippen molar-refractivity contribution in [3.05, 3.63) is 35.8 Å². The number of carbonyl (C=O) groups is 1. The zero-order valence-corrected chi connectivity index (χ0v) is 18.9. The summed E-state index contributed by atoms with van der Waals surface area (Å²) in [6.45, 7) is 2.13. The zero-order chi connectivity index (χ0) is 22.0. The van der Waals surface area contributed by atoms with Crippen LogP contribution in [0.25, 0.3) is 0 Å². The lowest BCUT2D eigenvalue weighted by Crippen LogP contribution is -2.41. The number of imidazole rings is 1. The number of sulfonamides is 1. The van der Waals surface area contributed by atoms with Crippen molar-refractivity contribution in [1.29, 1.82) is 0 Å². The van der Waals surface area contributed by atoms with E-state index in [0.717, 1.165) is 38.5 Å². The minimum atomic E-state index is -3.81. The third-order valence-electron chi connectivity index (χ3n) is 6.15. The second-order valence-corrected chi connectivity index (χ2v) is 10.4. The van der Waals surface area contributed by atoms with Crippen LogP contribution < -0.4 is 5.32 Å². The van der Waals surface area contributed by atoms with Gasteiger partial charge in [0.1, 0.15) is 5.82 Å². The Bertz CT molecular complexity index is 1050. The Balaban J connectivity index is 1.67. The standard InChI is InChI=1S/C21H30N6O3S/c1-15-22-12-17(21(28)25-16-8-4-3-5-9-16)20(24-15)18-10-6-7-11-27(18)31(29,30)19-13-26(2)14-23-19/h12-14,16,18H,3-11H2,1-2H3,(H,25,28)/t18-/m0/s1. The van der Waals surface area contributed by atoms with Crippen LogP contribution in [0, 0.1) is 6.92 Å². The van der Waals surface area contributed by atoms with Crippen molar-refractivity contribution in [2.24, 2.45) is 7.05 Å². The van der Waals surface area contributed by atoms with E-state index in [1.54, 1.807) is 18.5 Å². The van der Waals surface area contributed by atoms with Crippen molar-refractivity contribution >= 4 is 15.9 Å². The Morgan fingerprint density at radius 3 is 2.55 bits per heavy atom. The number of aryl methyl sites for hydroxylation is 2. The Labute approximate surface area is 183 Å². The minimum Gasteiger partial charge on any atom is -0.349 e. The van der Waals surface area contributed by atoms with Gasteiger partial charge in [0, 0.05) is 32.0 Å². The molecule has 0 bridgehead atoms. The number of rotatable bonds is 5. The van der Waals surface area contributed by atoms with Crippen LogP contribution in [0.1, 0.15) is 79.3 Å². The van der Waals surface area contributed by atoms with Crippen LogP contribution >= 0.6 is 0 Å². The van der Waals surface area contributed by atoms with Gasteiger partial charge in [-0.1, -0.05) is 25.7 Å². The molecule has 3 heterocycles. The molecule has 2 aromatic heterocycles. The summed E-state index contributed by atoms with van der Waals surface area (Å²) in [6, 6.07) is -0.371. The summed E-state index contributed by atoms with van der Waals surface area (Å²) in [5.41, 5.74) is 0.851. The third-order valence-corrected chi connectivity index (χ3v) is 7.94. The van der Waals surface area contributed by atoms with Crippen molar-refractivity contribution in [2.75, 3.05) is 6.54 Å². The normalized spacial score (nSPS) is 21.2. The number of hydrogen-bond donors (Lipinski definition) is 1. The lowest BCUT2D eigenvalue weighted by Gasteiger charge is -2.34. The largest absolute Gasteiger partial charge is 0.349 e. The summed E-state index contributed by atoms with van der Waals surface area (Å²) < 4.78 is 29.8. The first-order chi connectivity index (χ1) is 14.9. The highest BCUT2D eigenvalue weighted by Gasteiger charge is 2.38. The van der Waals surface area contributed by atoms with Gasteiger partial charge in [-0.2, -0.15) is 4.31 Å². The van der Waals surface area contributed by atoms with E-state index in [0.29, 0.717) is 30.0 Å². The maximum Gasteiger partial charge on any atom is 0.262 e. The number of aromatic nitrogens is 4. The van der Waals surface area contributed by atoms with Gasteiger partial charge in [-0.15, -0.1) is 0 Å². The van der Waals surface area contributed by atoms with Crippen molar-refractivity contribution in [3.8, 4) is 0 Å². The highest BCUT2D eigenvalue weighted by Crippen LogP contribution is 2.35. The Hall–Kier alpha value is -2.33. The highest BCUT2D eigenvalue weighted by molar-refractivity contribution is 7.89. The summed E-state index contributed by atoms with van der Waals surface area (Å²) in [7, 11) is -2.07. The van der Waals surface area contributed by atoms with Gasteiger partial charge < -0.3 is 9.88 Å². The van der Waals surface area contributed by atoms with E-state index in [1.807, 2.05) is 0 Å². The van der Waals surface area contributed by atoms with Crippen LogP contribution in [0.3, 0.4) is 0 Å². The molecule has 1 atom stereocenters. The fourth-order valence-electron chi connectivity index (χ4n) is 4.53. The van der Waals surface area contributed by atoms with Gasteiger partial charge in [0.25, 0.3) is 15.9 Å². The maximum absolute atomic E-state index is 13.4. The molecule has 1 saturated carbocycles. The molecule has 31 heavy (non-hydrogen) atoms. The molecule has 1 amide bonds. The van der Waals surface area contributed by atoms with Gasteiger partial charge in [0.2, 0.25) is 0 Å². The number of nitrogens with zero attached hydrogens (tertiary/aromatic N) is 5. The smallest absolute Gasteiger partial charge is 0.262 e. The van der Waals surface area contributed by atoms with E-state index >= 15 is 0 Å². The molecule has 1 saturated heterocycles. The molecule has 168 valence electrons. The van der Waals surface area contributed by atoms with Gasteiger partial charge in [0.05, 0.1) is 23.6 Å². The lowest BCUT2D eigenvalue weighted by molar-refractivity contribution is 0.0923. The first-order valence-electron chi connectivity index (χ1n) is 11.0. The topological polar surface area (TPSA) is 110 Å². The summed E-state index contributed by atoms with van der Waals surface area (Å²) in [5, 5.41) is 3.13. The molecule has 1 N–H and O–H groups in total. The van der Waals surface area contributed by atoms with Crippen LogP contribution in [0.2, 0.25) is 0 Å². The molecule has 1 aliphatic heterocycles. The van der Waals surface area contributed by atoms with Crippen molar-refractivity contribution in [2.45, 2.75) is 75.4 Å². The van der Waals surface area contributed by atoms with Gasteiger partial charge >= 0.3 is 0 Å². The van der Waals surface area contributed by atoms with E-state index < -0.39 is 16.1 Å². The number of hydrogen-bond acceptors (Lipinski definition) is 6. The second-order valence-electron chi connectivity index (χ2n) is 8.53. The molecule has 10 heteroatoms. The molecular weight excluding hydrogens is 416 g/mol. The quantitative estimate of drug-likeness (QED) is 0.756. The zero-order valence-electron chi connectivity index (χ0n) is 18.1. The van der Waals surface area contributed by atoms with Crippen LogP contribution in [-0.2, 0) is 17.1 Å². The first kappa shape index (κ1) is 21.9. The van der Waals surface area contributed by atoms with E-state index in [1.165, 1.54) is 29.4 Å². The summed E-state index contributed by atoms with van der Waals surface area (Å²) in [4.78, 5) is 26.0. The monoisotopic (exact) mass is 446 g/mol. The number of amides is 1. The Morgan fingerprint density at radius 1 is 1.10 bits per heavy atom. The number of piperidine rings is 1. The van der Waals surface area contributed by atoms with Crippen molar-refractivity contribution in [3.63, 3.8) is 0 Å². The predicted octanol–water partition coefficient (Wildman–Crippen LogP) is 2.50. The molecule has 0 spiro atoms. The fourth-order valence-corrected chi connectivity index (χ4v) is 6.16. The maximum atomic E-state index is 13.4. The second kappa shape index (κ2) is 9.04. The predicted molar refractivity (Wildman–Crippen MR) is 115 cm³/mol. The van der Waals surface area contributed by atoms with Gasteiger partial charge in [0.15, 0.2) is 5.03 Å². The van der Waals surface area contributed by atoms with Gasteiger partial charge in [-0.25, -0.2) is 23.4 Å². The molecule has 0 radical (unpaired) electrons. The van der Waals surface area contributed by atoms with Crippen LogP contribution in [0.4, 0.5) is 0 Å². The first-order valence-corrected chi connectivity index (χ1v) is 12.4. The van der Waals surface area contributed by atoms with Crippen LogP contribution in [0.15, 0.2) is 23.7 Å². The van der Waals surface area contributed by atoms with E-state index in [2.05, 4.69) is 20.3 Å². The van der Waals surface area contributed by atoms with Crippen molar-refractivity contribution < 1.29 is 13.2 Å². The molecule has 1 aliphatic carbocycles. The van der Waals surface area contributed by atoms with Crippen LogP contribution in [0.5, 0.6) is 0 Å². The molecular formula is C21H30N6O3S. The van der Waals surface area contributed by atoms with Gasteiger partial charge in [-0.05, 0) is 32.6 Å². The summed E-state index contributed by atoms with van der Waals surface area (Å²) in [6.07, 6.45) is 12.1. The lowest BCUT2D eigenvalue weighted by atomic mass is 9.94. The fraction of sp³-hybridized carbons (Fsp3) is 0.619. The summed E-state index contributed by atoms with van der Waals surface area (Å²) >= 11 is 0. The average Bonchev–Trinajstić information content (AvgIpc) is 3.21. The number of nitrogens with one attached hydrogen (secondary N) is 1.